The largest absolute Gasteiger partial charge is 0.450 e. The molecule has 0 unspecified atom stereocenters. The van der Waals surface area contributed by atoms with Crippen LogP contribution in [0.25, 0.3) is 0 Å². The fraction of sp³-hybridized carbons (Fsp3) is 0.455. The van der Waals surface area contributed by atoms with Gasteiger partial charge in [0.05, 0.1) is 6.20 Å². The molecule has 0 aliphatic rings. The van der Waals surface area contributed by atoms with Gasteiger partial charge in [-0.2, -0.15) is 5.10 Å². The quantitative estimate of drug-likeness (QED) is 0.472. The van der Waals surface area contributed by atoms with E-state index in [9.17, 15) is 4.79 Å². The average Bonchev–Trinajstić information content (AvgIpc) is 2.44. The average molecular weight is 206 g/mol. The van der Waals surface area contributed by atoms with Crippen LogP contribution in [0.4, 0.5) is 0 Å². The molecule has 0 aliphatic carbocycles. The fourth-order valence-corrected chi connectivity index (χ4v) is 0.915. The Morgan fingerprint density at radius 2 is 2.20 bits per heavy atom. The number of esters is 1. The van der Waals surface area contributed by atoms with E-state index in [4.69, 9.17) is 4.74 Å². The molecular formula is C11H14N2O2. The van der Waals surface area contributed by atoms with Gasteiger partial charge in [-0.15, -0.1) is 0 Å². The Balaban J connectivity index is 2.67. The predicted octanol–water partition coefficient (Wildman–Crippen LogP) is 1.11. The summed E-state index contributed by atoms with van der Waals surface area (Å²) in [6.45, 7) is 5.41. The maximum Gasteiger partial charge on any atom is 0.385 e. The Bertz CT molecular complexity index is 416. The zero-order valence-corrected chi connectivity index (χ0v) is 9.37. The van der Waals surface area contributed by atoms with Gasteiger partial charge < -0.3 is 4.74 Å². The van der Waals surface area contributed by atoms with Crippen LogP contribution in [0.5, 0.6) is 0 Å². The second-order valence-electron chi connectivity index (χ2n) is 4.09. The van der Waals surface area contributed by atoms with Gasteiger partial charge in [0.15, 0.2) is 0 Å². The molecule has 0 spiro atoms. The summed E-state index contributed by atoms with van der Waals surface area (Å²) in [7, 11) is 1.76. The van der Waals surface area contributed by atoms with Gasteiger partial charge in [0.25, 0.3) is 0 Å². The number of carbonyl (C=O) groups excluding carboxylic acids is 1. The minimum absolute atomic E-state index is 0.502. The summed E-state index contributed by atoms with van der Waals surface area (Å²) in [5.74, 6) is 4.58. The maximum atomic E-state index is 11.2. The van der Waals surface area contributed by atoms with Gasteiger partial charge in [0.1, 0.15) is 11.3 Å². The van der Waals surface area contributed by atoms with E-state index in [1.54, 1.807) is 44.8 Å². The standard InChI is InChI=1S/C11H14N2O2/c1-11(2,3)15-10(14)6-5-9-7-8-12-13(9)4/h7-8H,1-4H3. The van der Waals surface area contributed by atoms with Gasteiger partial charge in [-0.05, 0) is 32.8 Å². The highest BCUT2D eigenvalue weighted by Crippen LogP contribution is 2.06. The number of nitrogens with zero attached hydrogens (tertiary/aromatic N) is 2. The lowest BCUT2D eigenvalue weighted by atomic mass is 10.2. The molecule has 0 N–H and O–H groups in total. The normalized spacial score (nSPS) is 10.4. The first-order valence-electron chi connectivity index (χ1n) is 4.61. The Morgan fingerprint density at radius 1 is 1.53 bits per heavy atom. The highest BCUT2D eigenvalue weighted by Gasteiger charge is 2.14. The molecule has 1 aromatic heterocycles. The van der Waals surface area contributed by atoms with Crippen molar-refractivity contribution in [3.05, 3.63) is 18.0 Å². The molecule has 15 heavy (non-hydrogen) atoms. The lowest BCUT2D eigenvalue weighted by Crippen LogP contribution is -2.22. The van der Waals surface area contributed by atoms with Crippen molar-refractivity contribution in [2.45, 2.75) is 26.4 Å². The van der Waals surface area contributed by atoms with E-state index in [0.717, 1.165) is 0 Å². The molecule has 80 valence electrons. The van der Waals surface area contributed by atoms with Crippen LogP contribution in [0.15, 0.2) is 12.3 Å². The Hall–Kier alpha value is -1.76. The Morgan fingerprint density at radius 3 is 2.67 bits per heavy atom. The first-order chi connectivity index (χ1) is 6.88. The summed E-state index contributed by atoms with van der Waals surface area (Å²) < 4.78 is 6.63. The van der Waals surface area contributed by atoms with Gasteiger partial charge in [0, 0.05) is 13.0 Å². The minimum Gasteiger partial charge on any atom is -0.450 e. The van der Waals surface area contributed by atoms with Crippen LogP contribution in [0.2, 0.25) is 0 Å². The van der Waals surface area contributed by atoms with Crippen molar-refractivity contribution in [3.8, 4) is 11.8 Å². The molecule has 0 radical (unpaired) electrons. The third-order valence-corrected chi connectivity index (χ3v) is 1.51. The van der Waals surface area contributed by atoms with Gasteiger partial charge in [-0.1, -0.05) is 0 Å². The van der Waals surface area contributed by atoms with Gasteiger partial charge >= 0.3 is 5.97 Å². The van der Waals surface area contributed by atoms with Crippen LogP contribution in [-0.2, 0) is 16.6 Å². The van der Waals surface area contributed by atoms with E-state index in [1.807, 2.05) is 0 Å². The van der Waals surface area contributed by atoms with Crippen molar-refractivity contribution in [2.75, 3.05) is 0 Å². The number of aromatic nitrogens is 2. The fourth-order valence-electron chi connectivity index (χ4n) is 0.915. The predicted molar refractivity (Wildman–Crippen MR) is 55.9 cm³/mol. The van der Waals surface area contributed by atoms with E-state index in [2.05, 4.69) is 16.9 Å². The summed E-state index contributed by atoms with van der Waals surface area (Å²) in [5.41, 5.74) is 0.180. The summed E-state index contributed by atoms with van der Waals surface area (Å²) in [6, 6.07) is 1.73. The number of carbonyl (C=O) groups is 1. The first kappa shape index (κ1) is 11.3. The first-order valence-corrected chi connectivity index (χ1v) is 4.61. The van der Waals surface area contributed by atoms with E-state index < -0.39 is 11.6 Å². The Labute approximate surface area is 89.2 Å². The molecule has 0 aliphatic heterocycles. The van der Waals surface area contributed by atoms with Crippen LogP contribution in [0.3, 0.4) is 0 Å². The second kappa shape index (κ2) is 4.18. The lowest BCUT2D eigenvalue weighted by molar-refractivity contribution is -0.147. The van der Waals surface area contributed by atoms with E-state index in [-0.39, 0.29) is 0 Å². The summed E-state index contributed by atoms with van der Waals surface area (Å²) >= 11 is 0. The van der Waals surface area contributed by atoms with Crippen molar-refractivity contribution in [1.82, 2.24) is 9.78 Å². The van der Waals surface area contributed by atoms with Crippen LogP contribution in [0.1, 0.15) is 26.5 Å². The molecule has 1 heterocycles. The number of hydrogen-bond donors (Lipinski definition) is 0. The van der Waals surface area contributed by atoms with Crippen LogP contribution in [-0.4, -0.2) is 21.4 Å². The zero-order valence-electron chi connectivity index (χ0n) is 9.37. The van der Waals surface area contributed by atoms with Crippen molar-refractivity contribution in [3.63, 3.8) is 0 Å². The van der Waals surface area contributed by atoms with Crippen molar-refractivity contribution < 1.29 is 9.53 Å². The smallest absolute Gasteiger partial charge is 0.385 e. The molecule has 0 atom stereocenters. The zero-order chi connectivity index (χ0) is 11.5. The molecular weight excluding hydrogens is 192 g/mol. The lowest BCUT2D eigenvalue weighted by Gasteiger charge is -2.16. The van der Waals surface area contributed by atoms with Gasteiger partial charge in [-0.25, -0.2) is 4.79 Å². The van der Waals surface area contributed by atoms with E-state index >= 15 is 0 Å². The van der Waals surface area contributed by atoms with Crippen LogP contribution >= 0.6 is 0 Å². The summed E-state index contributed by atoms with van der Waals surface area (Å²) in [6.07, 6.45) is 1.62. The van der Waals surface area contributed by atoms with Crippen molar-refractivity contribution in [1.29, 1.82) is 0 Å². The molecule has 1 aromatic rings. The van der Waals surface area contributed by atoms with E-state index in [0.29, 0.717) is 5.69 Å². The minimum atomic E-state index is -0.524. The van der Waals surface area contributed by atoms with Crippen LogP contribution in [0, 0.1) is 11.8 Å². The molecule has 4 heteroatoms. The molecule has 1 rings (SSSR count). The monoisotopic (exact) mass is 206 g/mol. The van der Waals surface area contributed by atoms with Crippen LogP contribution < -0.4 is 0 Å². The third kappa shape index (κ3) is 3.86. The van der Waals surface area contributed by atoms with Gasteiger partial charge in [-0.3, -0.25) is 4.68 Å². The highest BCUT2D eigenvalue weighted by molar-refractivity contribution is 5.89. The topological polar surface area (TPSA) is 44.1 Å². The molecule has 0 amide bonds. The Kier molecular flexibility index (Phi) is 3.15. The number of ether oxygens (including phenoxy) is 1. The number of rotatable bonds is 0. The second-order valence-corrected chi connectivity index (χ2v) is 4.09. The molecule has 0 saturated heterocycles. The molecule has 4 nitrogen and oxygen atoms in total. The molecule has 0 aromatic carbocycles. The third-order valence-electron chi connectivity index (χ3n) is 1.51. The summed E-state index contributed by atoms with van der Waals surface area (Å²) in [5, 5.41) is 3.93. The molecule has 0 fully saturated rings. The maximum absolute atomic E-state index is 11.2. The van der Waals surface area contributed by atoms with Crippen molar-refractivity contribution in [2.24, 2.45) is 7.05 Å². The van der Waals surface area contributed by atoms with Crippen molar-refractivity contribution >= 4 is 5.97 Å². The summed E-state index contributed by atoms with van der Waals surface area (Å²) in [4.78, 5) is 11.2. The highest BCUT2D eigenvalue weighted by atomic mass is 16.6. The van der Waals surface area contributed by atoms with E-state index in [1.165, 1.54) is 0 Å². The van der Waals surface area contributed by atoms with Gasteiger partial charge in [0.2, 0.25) is 0 Å². The number of hydrogen-bond acceptors (Lipinski definition) is 3. The molecule has 0 saturated carbocycles. The molecule has 0 bridgehead atoms. The SMILES string of the molecule is Cn1nccc1C#CC(=O)OC(C)(C)C. The number of aryl methyl sites for hydroxylation is 1.